The number of hydrogen-bond donors (Lipinski definition) is 1. The first-order valence-corrected chi connectivity index (χ1v) is 10.2. The molecule has 7 heteroatoms. The molecule has 4 heterocycles. The third-order valence-electron chi connectivity index (χ3n) is 4.76. The molecule has 1 fully saturated rings. The van der Waals surface area contributed by atoms with Crippen molar-refractivity contribution in [1.82, 2.24) is 24.8 Å². The topological polar surface area (TPSA) is 66.8 Å². The summed E-state index contributed by atoms with van der Waals surface area (Å²) in [4.78, 5) is 21.9. The van der Waals surface area contributed by atoms with Gasteiger partial charge >= 0.3 is 0 Å². The normalized spacial score (nSPS) is 17.8. The number of nitrogens with one attached hydrogen (secondary N) is 1. The lowest BCUT2D eigenvalue weighted by molar-refractivity contribution is 0.135. The van der Waals surface area contributed by atoms with E-state index in [1.807, 2.05) is 31.5 Å². The van der Waals surface area contributed by atoms with Crippen molar-refractivity contribution in [2.75, 3.05) is 11.9 Å². The maximum Gasteiger partial charge on any atom is 0.188 e. The van der Waals surface area contributed by atoms with E-state index >= 15 is 0 Å². The van der Waals surface area contributed by atoms with Crippen LogP contribution in [0.4, 0.5) is 10.9 Å². The molecule has 1 aliphatic rings. The Kier molecular flexibility index (Phi) is 5.40. The van der Waals surface area contributed by atoms with Crippen LogP contribution in [0.5, 0.6) is 0 Å². The summed E-state index contributed by atoms with van der Waals surface area (Å²) in [6.07, 6.45) is 7.29. The van der Waals surface area contributed by atoms with Crippen molar-refractivity contribution in [3.05, 3.63) is 58.7 Å². The molecule has 3 aromatic heterocycles. The largest absolute Gasteiger partial charge is 0.316 e. The van der Waals surface area contributed by atoms with Crippen LogP contribution in [0.2, 0.25) is 0 Å². The Labute approximate surface area is 163 Å². The van der Waals surface area contributed by atoms with E-state index in [4.69, 9.17) is 4.98 Å². The summed E-state index contributed by atoms with van der Waals surface area (Å²) in [6.45, 7) is 5.92. The molecule has 4 rings (SSSR count). The zero-order valence-corrected chi connectivity index (χ0v) is 16.5. The Morgan fingerprint density at radius 2 is 2.11 bits per heavy atom. The van der Waals surface area contributed by atoms with E-state index in [0.717, 1.165) is 47.7 Å². The van der Waals surface area contributed by atoms with Gasteiger partial charge in [0.2, 0.25) is 0 Å². The first kappa shape index (κ1) is 18.0. The fourth-order valence-corrected chi connectivity index (χ4v) is 4.23. The Morgan fingerprint density at radius 1 is 1.19 bits per heavy atom. The summed E-state index contributed by atoms with van der Waals surface area (Å²) in [5.41, 5.74) is 2.18. The van der Waals surface area contributed by atoms with Crippen molar-refractivity contribution in [2.24, 2.45) is 0 Å². The van der Waals surface area contributed by atoms with Crippen LogP contribution in [0.15, 0.2) is 36.7 Å². The fraction of sp³-hybridized carbons (Fsp3) is 0.400. The average Bonchev–Trinajstić information content (AvgIpc) is 3.07. The van der Waals surface area contributed by atoms with Gasteiger partial charge in [0.15, 0.2) is 5.13 Å². The van der Waals surface area contributed by atoms with E-state index in [9.17, 15) is 0 Å². The van der Waals surface area contributed by atoms with E-state index in [1.54, 1.807) is 11.3 Å². The minimum atomic E-state index is 0.293. The second kappa shape index (κ2) is 8.10. The molecule has 140 valence electrons. The molecule has 0 amide bonds. The molecule has 3 aromatic rings. The molecule has 0 saturated carbocycles. The average molecular weight is 381 g/mol. The van der Waals surface area contributed by atoms with Gasteiger partial charge in [-0.15, -0.1) is 11.3 Å². The second-order valence-corrected chi connectivity index (χ2v) is 8.16. The van der Waals surface area contributed by atoms with E-state index in [-0.39, 0.29) is 0 Å². The number of thiazole rings is 1. The summed E-state index contributed by atoms with van der Waals surface area (Å²) < 4.78 is 0. The van der Waals surface area contributed by atoms with Crippen molar-refractivity contribution in [3.8, 4) is 0 Å². The van der Waals surface area contributed by atoms with E-state index < -0.39 is 0 Å². The highest BCUT2D eigenvalue weighted by Gasteiger charge is 2.26. The second-order valence-electron chi connectivity index (χ2n) is 6.93. The Balaban J connectivity index is 1.58. The molecule has 1 atom stereocenters. The van der Waals surface area contributed by atoms with Crippen molar-refractivity contribution in [2.45, 2.75) is 45.7 Å². The molecule has 0 aromatic carbocycles. The van der Waals surface area contributed by atoms with Crippen LogP contribution in [0.25, 0.3) is 0 Å². The third kappa shape index (κ3) is 4.48. The minimum absolute atomic E-state index is 0.293. The number of nitrogens with zero attached hydrogens (tertiary/aromatic N) is 5. The molecule has 6 nitrogen and oxygen atoms in total. The van der Waals surface area contributed by atoms with Gasteiger partial charge in [0.25, 0.3) is 0 Å². The Hall–Kier alpha value is -2.38. The molecule has 0 aliphatic carbocycles. The minimum Gasteiger partial charge on any atom is -0.316 e. The van der Waals surface area contributed by atoms with Crippen molar-refractivity contribution >= 4 is 22.3 Å². The van der Waals surface area contributed by atoms with Crippen LogP contribution >= 0.6 is 11.3 Å². The van der Waals surface area contributed by atoms with Crippen LogP contribution in [0.3, 0.4) is 0 Å². The molecule has 1 unspecified atom stereocenters. The number of aryl methyl sites for hydroxylation is 2. The highest BCUT2D eigenvalue weighted by atomic mass is 32.1. The maximum atomic E-state index is 4.77. The maximum absolute atomic E-state index is 4.77. The molecular weight excluding hydrogens is 356 g/mol. The molecule has 0 bridgehead atoms. The first-order chi connectivity index (χ1) is 13.2. The van der Waals surface area contributed by atoms with Gasteiger partial charge < -0.3 is 5.32 Å². The molecule has 0 radical (unpaired) electrons. The number of piperidine rings is 1. The summed E-state index contributed by atoms with van der Waals surface area (Å²) in [5, 5.41) is 4.20. The lowest BCUT2D eigenvalue weighted by atomic mass is 9.98. The standard InChI is InChI=1S/C20H24N6S/c1-14-12-22-20(27-14)25-19-11-17(23-15(2)24-19)18-8-4-6-10-26(18)13-16-7-3-5-9-21-16/h3,5,7,9,11-12,18H,4,6,8,10,13H2,1-2H3,(H,22,23,24,25). The van der Waals surface area contributed by atoms with Crippen LogP contribution in [0, 0.1) is 13.8 Å². The highest BCUT2D eigenvalue weighted by Crippen LogP contribution is 2.32. The third-order valence-corrected chi connectivity index (χ3v) is 5.59. The van der Waals surface area contributed by atoms with Crippen LogP contribution in [0.1, 0.15) is 47.4 Å². The van der Waals surface area contributed by atoms with Crippen molar-refractivity contribution < 1.29 is 0 Å². The molecule has 1 N–H and O–H groups in total. The predicted octanol–water partition coefficient (Wildman–Crippen LogP) is 4.42. The summed E-state index contributed by atoms with van der Waals surface area (Å²) >= 11 is 1.63. The first-order valence-electron chi connectivity index (χ1n) is 9.36. The number of rotatable bonds is 5. The smallest absolute Gasteiger partial charge is 0.188 e. The zero-order valence-electron chi connectivity index (χ0n) is 15.7. The van der Waals surface area contributed by atoms with Gasteiger partial charge in [-0.05, 0) is 45.4 Å². The molecule has 1 saturated heterocycles. The summed E-state index contributed by atoms with van der Waals surface area (Å²) in [5.74, 6) is 1.60. The Bertz CT molecular complexity index is 894. The number of pyridine rings is 1. The van der Waals surface area contributed by atoms with Gasteiger partial charge in [0.05, 0.1) is 17.4 Å². The zero-order chi connectivity index (χ0) is 18.6. The summed E-state index contributed by atoms with van der Waals surface area (Å²) in [7, 11) is 0. The van der Waals surface area contributed by atoms with Gasteiger partial charge in [-0.1, -0.05) is 12.5 Å². The van der Waals surface area contributed by atoms with Gasteiger partial charge in [-0.3, -0.25) is 9.88 Å². The number of anilines is 2. The lowest BCUT2D eigenvalue weighted by Gasteiger charge is -2.35. The van der Waals surface area contributed by atoms with E-state index in [0.29, 0.717) is 6.04 Å². The lowest BCUT2D eigenvalue weighted by Crippen LogP contribution is -2.33. The van der Waals surface area contributed by atoms with Gasteiger partial charge in [0.1, 0.15) is 11.6 Å². The summed E-state index contributed by atoms with van der Waals surface area (Å²) in [6, 6.07) is 8.47. The molecular formula is C20H24N6S. The molecule has 27 heavy (non-hydrogen) atoms. The SMILES string of the molecule is Cc1nc(Nc2ncc(C)s2)cc(C2CCCCN2Cc2ccccn2)n1. The van der Waals surface area contributed by atoms with Crippen LogP contribution in [-0.4, -0.2) is 31.4 Å². The van der Waals surface area contributed by atoms with Gasteiger partial charge in [-0.25, -0.2) is 15.0 Å². The molecule has 1 aliphatic heterocycles. The monoisotopic (exact) mass is 380 g/mol. The van der Waals surface area contributed by atoms with E-state index in [2.05, 4.69) is 44.2 Å². The molecule has 0 spiro atoms. The van der Waals surface area contributed by atoms with Crippen molar-refractivity contribution in [1.29, 1.82) is 0 Å². The fourth-order valence-electron chi connectivity index (χ4n) is 3.56. The number of likely N-dealkylation sites (tertiary alicyclic amines) is 1. The number of aromatic nitrogens is 4. The van der Waals surface area contributed by atoms with Crippen LogP contribution < -0.4 is 5.32 Å². The van der Waals surface area contributed by atoms with Gasteiger partial charge in [-0.2, -0.15) is 0 Å². The highest BCUT2D eigenvalue weighted by molar-refractivity contribution is 7.15. The predicted molar refractivity (Wildman–Crippen MR) is 108 cm³/mol. The van der Waals surface area contributed by atoms with Crippen LogP contribution in [-0.2, 0) is 6.54 Å². The quantitative estimate of drug-likeness (QED) is 0.707. The van der Waals surface area contributed by atoms with E-state index in [1.165, 1.54) is 17.7 Å². The van der Waals surface area contributed by atoms with Crippen molar-refractivity contribution in [3.63, 3.8) is 0 Å². The van der Waals surface area contributed by atoms with Gasteiger partial charge in [0, 0.05) is 29.9 Å². The number of hydrogen-bond acceptors (Lipinski definition) is 7. The Morgan fingerprint density at radius 3 is 2.89 bits per heavy atom.